The molecule has 41 heavy (non-hydrogen) atoms. The normalized spacial score (nSPS) is 17.4. The Hall–Kier alpha value is -4.40. The number of methoxy groups -OCH3 is 1. The van der Waals surface area contributed by atoms with E-state index in [2.05, 4.69) is 5.32 Å². The van der Waals surface area contributed by atoms with Gasteiger partial charge in [-0.3, -0.25) is 4.79 Å². The summed E-state index contributed by atoms with van der Waals surface area (Å²) in [7, 11) is 1.58. The minimum atomic E-state index is -1.21. The monoisotopic (exact) mass is 560 g/mol. The van der Waals surface area contributed by atoms with Crippen LogP contribution in [0.2, 0.25) is 0 Å². The molecule has 0 bridgehead atoms. The molecule has 9 heteroatoms. The first-order valence-electron chi connectivity index (χ1n) is 13.7. The maximum absolute atomic E-state index is 13.3. The summed E-state index contributed by atoms with van der Waals surface area (Å²) >= 11 is 0. The van der Waals surface area contributed by atoms with Gasteiger partial charge in [0.2, 0.25) is 5.91 Å². The fraction of sp³-hybridized carbons (Fsp3) is 0.375. The number of carboxylic acid groups (broad SMARTS) is 1. The predicted octanol–water partition coefficient (Wildman–Crippen LogP) is 5.32. The third-order valence-electron chi connectivity index (χ3n) is 6.68. The molecule has 1 heterocycles. The number of benzene rings is 2. The van der Waals surface area contributed by atoms with Crippen molar-refractivity contribution in [2.75, 3.05) is 7.11 Å². The maximum atomic E-state index is 13.3. The van der Waals surface area contributed by atoms with Crippen LogP contribution in [0.1, 0.15) is 47.0 Å². The van der Waals surface area contributed by atoms with Crippen LogP contribution in [0.25, 0.3) is 22.2 Å². The molecule has 1 aliphatic rings. The predicted molar refractivity (Wildman–Crippen MR) is 155 cm³/mol. The topological polar surface area (TPSA) is 124 Å². The number of fused-ring (bicyclic) bond motifs is 1. The molecule has 1 aliphatic carbocycles. The molecule has 2 N–H and O–H groups in total. The third kappa shape index (κ3) is 7.22. The van der Waals surface area contributed by atoms with Gasteiger partial charge < -0.3 is 24.6 Å². The van der Waals surface area contributed by atoms with Crippen LogP contribution in [0.4, 0.5) is 0 Å². The summed E-state index contributed by atoms with van der Waals surface area (Å²) in [5.41, 5.74) is 1.42. The van der Waals surface area contributed by atoms with Gasteiger partial charge in [0.25, 0.3) is 0 Å². The molecule has 3 atom stereocenters. The standard InChI is InChI=1S/C32H36N2O7/c1-6-10-25(31(38)41-32(2,3)4)34-29(35)23-15-21(16-24(23)30(36)37)40-28-18-26(19-11-8-7-9-12-19)33-27-17-20(39-5)13-14-22(27)28/h7-9,11-14,16-18,21,23,25H,6,10,15H2,1-5H3,(H,34,35)(H,36,37)/t21-,23-,25-/m0/s1. The first-order chi connectivity index (χ1) is 19.5. The number of hydrogen-bond acceptors (Lipinski definition) is 7. The smallest absolute Gasteiger partial charge is 0.332 e. The molecule has 0 fully saturated rings. The van der Waals surface area contributed by atoms with Gasteiger partial charge in [0, 0.05) is 35.1 Å². The number of nitrogens with one attached hydrogen (secondary N) is 1. The first-order valence-corrected chi connectivity index (χ1v) is 13.7. The molecule has 216 valence electrons. The van der Waals surface area contributed by atoms with Gasteiger partial charge in [0.15, 0.2) is 0 Å². The largest absolute Gasteiger partial charge is 0.497 e. The average molecular weight is 561 g/mol. The number of nitrogens with zero attached hydrogens (tertiary/aromatic N) is 1. The number of amides is 1. The molecule has 0 unspecified atom stereocenters. The van der Waals surface area contributed by atoms with Gasteiger partial charge in [0.05, 0.1) is 24.2 Å². The van der Waals surface area contributed by atoms with Crippen LogP contribution in [0, 0.1) is 5.92 Å². The van der Waals surface area contributed by atoms with E-state index in [-0.39, 0.29) is 12.0 Å². The van der Waals surface area contributed by atoms with Crippen LogP contribution in [0.5, 0.6) is 11.5 Å². The summed E-state index contributed by atoms with van der Waals surface area (Å²) < 4.78 is 17.2. The summed E-state index contributed by atoms with van der Waals surface area (Å²) in [6.07, 6.45) is 1.87. The first kappa shape index (κ1) is 29.6. The van der Waals surface area contributed by atoms with Gasteiger partial charge in [-0.25, -0.2) is 14.6 Å². The highest BCUT2D eigenvalue weighted by molar-refractivity contribution is 5.98. The van der Waals surface area contributed by atoms with Crippen LogP contribution in [-0.4, -0.2) is 52.8 Å². The number of esters is 1. The van der Waals surface area contributed by atoms with Crippen molar-refractivity contribution < 1.29 is 33.7 Å². The third-order valence-corrected chi connectivity index (χ3v) is 6.68. The molecular formula is C32H36N2O7. The lowest BCUT2D eigenvalue weighted by Gasteiger charge is -2.25. The van der Waals surface area contributed by atoms with Crippen molar-refractivity contribution in [2.24, 2.45) is 5.92 Å². The highest BCUT2D eigenvalue weighted by Gasteiger charge is 2.39. The van der Waals surface area contributed by atoms with Gasteiger partial charge >= 0.3 is 11.9 Å². The Bertz CT molecular complexity index is 1460. The van der Waals surface area contributed by atoms with Crippen LogP contribution in [0.15, 0.2) is 66.2 Å². The van der Waals surface area contributed by atoms with Crippen molar-refractivity contribution in [2.45, 2.75) is 64.7 Å². The van der Waals surface area contributed by atoms with Gasteiger partial charge in [-0.15, -0.1) is 0 Å². The van der Waals surface area contributed by atoms with E-state index in [4.69, 9.17) is 19.2 Å². The second kappa shape index (κ2) is 12.4. The Labute approximate surface area is 239 Å². The van der Waals surface area contributed by atoms with Crippen LogP contribution < -0.4 is 14.8 Å². The van der Waals surface area contributed by atoms with Crippen LogP contribution >= 0.6 is 0 Å². The number of ether oxygens (including phenoxy) is 3. The maximum Gasteiger partial charge on any atom is 0.332 e. The molecule has 4 rings (SSSR count). The summed E-state index contributed by atoms with van der Waals surface area (Å²) in [6, 6.07) is 16.0. The lowest BCUT2D eigenvalue weighted by Crippen LogP contribution is -2.46. The zero-order chi connectivity index (χ0) is 29.7. The number of carbonyl (C=O) groups is 3. The minimum Gasteiger partial charge on any atom is -0.497 e. The quantitative estimate of drug-likeness (QED) is 0.320. The molecule has 1 amide bonds. The minimum absolute atomic E-state index is 0.0738. The fourth-order valence-corrected chi connectivity index (χ4v) is 4.80. The van der Waals surface area contributed by atoms with Crippen LogP contribution in [-0.2, 0) is 19.1 Å². The molecule has 0 spiro atoms. The number of carboxylic acids is 1. The van der Waals surface area contributed by atoms with Gasteiger partial charge in [0.1, 0.15) is 29.2 Å². The van der Waals surface area contributed by atoms with Crippen molar-refractivity contribution in [3.8, 4) is 22.8 Å². The fourth-order valence-electron chi connectivity index (χ4n) is 4.80. The summed E-state index contributed by atoms with van der Waals surface area (Å²) in [5, 5.41) is 13.4. The number of rotatable bonds is 10. The lowest BCUT2D eigenvalue weighted by atomic mass is 9.99. The molecule has 0 radical (unpaired) electrons. The Morgan fingerprint density at radius 3 is 2.46 bits per heavy atom. The Kier molecular flexibility index (Phi) is 8.95. The van der Waals surface area contributed by atoms with Gasteiger partial charge in [-0.1, -0.05) is 43.7 Å². The number of aliphatic carboxylic acids is 1. The molecule has 0 aliphatic heterocycles. The summed E-state index contributed by atoms with van der Waals surface area (Å²) in [5.74, 6) is -2.18. The van der Waals surface area contributed by atoms with Crippen molar-refractivity contribution >= 4 is 28.7 Å². The van der Waals surface area contributed by atoms with E-state index in [1.807, 2.05) is 55.5 Å². The molecular weight excluding hydrogens is 524 g/mol. The van der Waals surface area contributed by atoms with E-state index in [0.717, 1.165) is 10.9 Å². The number of carbonyl (C=O) groups excluding carboxylic acids is 2. The highest BCUT2D eigenvalue weighted by atomic mass is 16.6. The molecule has 0 saturated heterocycles. The number of aromatic nitrogens is 1. The van der Waals surface area contributed by atoms with Crippen LogP contribution in [0.3, 0.4) is 0 Å². The zero-order valence-corrected chi connectivity index (χ0v) is 24.0. The van der Waals surface area contributed by atoms with Crippen molar-refractivity contribution in [1.82, 2.24) is 10.3 Å². The van der Waals surface area contributed by atoms with Gasteiger partial charge in [-0.05, 0) is 45.4 Å². The Morgan fingerprint density at radius 1 is 1.10 bits per heavy atom. The highest BCUT2D eigenvalue weighted by Crippen LogP contribution is 2.36. The van der Waals surface area contributed by atoms with E-state index in [0.29, 0.717) is 35.6 Å². The van der Waals surface area contributed by atoms with E-state index in [9.17, 15) is 19.5 Å². The second-order valence-electron chi connectivity index (χ2n) is 11.0. The Morgan fingerprint density at radius 2 is 1.83 bits per heavy atom. The number of hydrogen-bond donors (Lipinski definition) is 2. The molecule has 2 aromatic carbocycles. The van der Waals surface area contributed by atoms with Crippen molar-refractivity contribution in [3.63, 3.8) is 0 Å². The summed E-state index contributed by atoms with van der Waals surface area (Å²) in [6.45, 7) is 7.15. The molecule has 1 aromatic heterocycles. The van der Waals surface area contributed by atoms with E-state index >= 15 is 0 Å². The Balaban J connectivity index is 1.61. The second-order valence-corrected chi connectivity index (χ2v) is 11.0. The van der Waals surface area contributed by atoms with E-state index < -0.39 is 41.5 Å². The van der Waals surface area contributed by atoms with Gasteiger partial charge in [-0.2, -0.15) is 0 Å². The molecule has 9 nitrogen and oxygen atoms in total. The van der Waals surface area contributed by atoms with E-state index in [1.54, 1.807) is 33.9 Å². The number of pyridine rings is 1. The van der Waals surface area contributed by atoms with Crippen molar-refractivity contribution in [1.29, 1.82) is 0 Å². The molecule has 0 saturated carbocycles. The van der Waals surface area contributed by atoms with E-state index in [1.165, 1.54) is 6.08 Å². The average Bonchev–Trinajstić information content (AvgIpc) is 3.36. The zero-order valence-electron chi connectivity index (χ0n) is 24.0. The summed E-state index contributed by atoms with van der Waals surface area (Å²) in [4.78, 5) is 43.0. The van der Waals surface area contributed by atoms with Crippen molar-refractivity contribution in [3.05, 3.63) is 66.2 Å². The lowest BCUT2D eigenvalue weighted by molar-refractivity contribution is -0.159. The SMILES string of the molecule is CCC[C@H](NC(=O)[C@H]1C[C@H](Oc2cc(-c3ccccc3)nc3cc(OC)ccc23)C=C1C(=O)O)C(=O)OC(C)(C)C. The molecule has 3 aromatic rings.